The summed E-state index contributed by atoms with van der Waals surface area (Å²) in [6, 6.07) is 12.3. The highest BCUT2D eigenvalue weighted by molar-refractivity contribution is 7.89. The summed E-state index contributed by atoms with van der Waals surface area (Å²) in [4.78, 5) is 24.9. The molecule has 2 aromatic rings. The van der Waals surface area contributed by atoms with Gasteiger partial charge in [0.15, 0.2) is 5.78 Å². The van der Waals surface area contributed by atoms with Gasteiger partial charge in [-0.1, -0.05) is 58.0 Å². The number of amides is 1. The third-order valence-electron chi connectivity index (χ3n) is 6.32. The van der Waals surface area contributed by atoms with Crippen molar-refractivity contribution in [3.63, 3.8) is 0 Å². The Hall–Kier alpha value is -2.51. The van der Waals surface area contributed by atoms with Crippen molar-refractivity contribution in [2.75, 3.05) is 18.4 Å². The molecule has 178 valence electrons. The molecule has 7 heteroatoms. The number of carbonyl (C=O) groups is 2. The van der Waals surface area contributed by atoms with Crippen molar-refractivity contribution < 1.29 is 18.0 Å². The molecule has 0 spiro atoms. The predicted molar refractivity (Wildman–Crippen MR) is 131 cm³/mol. The lowest BCUT2D eigenvalue weighted by molar-refractivity contribution is -0.120. The van der Waals surface area contributed by atoms with E-state index in [0.29, 0.717) is 18.4 Å². The first-order chi connectivity index (χ1) is 15.5. The fourth-order valence-corrected chi connectivity index (χ4v) is 5.82. The Labute approximate surface area is 197 Å². The fraction of sp³-hybridized carbons (Fsp3) is 0.462. The van der Waals surface area contributed by atoms with E-state index in [9.17, 15) is 18.0 Å². The van der Waals surface area contributed by atoms with Crippen molar-refractivity contribution in [3.8, 4) is 0 Å². The van der Waals surface area contributed by atoms with Gasteiger partial charge in [-0.05, 0) is 54.9 Å². The van der Waals surface area contributed by atoms with E-state index in [1.165, 1.54) is 23.4 Å². The number of hydrogen-bond acceptors (Lipinski definition) is 4. The second-order valence-electron chi connectivity index (χ2n) is 9.37. The number of carbonyl (C=O) groups excluding carboxylic acids is 2. The van der Waals surface area contributed by atoms with Crippen LogP contribution in [0.1, 0.15) is 80.8 Å². The number of sulfonamides is 1. The van der Waals surface area contributed by atoms with E-state index in [0.717, 1.165) is 16.8 Å². The number of piperidine rings is 1. The topological polar surface area (TPSA) is 83.6 Å². The quantitative estimate of drug-likeness (QED) is 0.566. The summed E-state index contributed by atoms with van der Waals surface area (Å²) in [5.41, 5.74) is 3.48. The summed E-state index contributed by atoms with van der Waals surface area (Å²) in [6.45, 7) is 10.4. The normalized spacial score (nSPS) is 15.7. The molecule has 3 rings (SSSR count). The summed E-state index contributed by atoms with van der Waals surface area (Å²) in [7, 11) is -3.71. The van der Waals surface area contributed by atoms with Crippen molar-refractivity contribution >= 4 is 27.4 Å². The molecule has 2 aromatic carbocycles. The van der Waals surface area contributed by atoms with Gasteiger partial charge >= 0.3 is 0 Å². The van der Waals surface area contributed by atoms with Gasteiger partial charge in [0, 0.05) is 30.3 Å². The molecule has 0 unspecified atom stereocenters. The average Bonchev–Trinajstić information content (AvgIpc) is 2.79. The van der Waals surface area contributed by atoms with Crippen LogP contribution in [0.25, 0.3) is 0 Å². The molecule has 1 heterocycles. The van der Waals surface area contributed by atoms with Crippen LogP contribution in [-0.2, 0) is 14.8 Å². The molecule has 1 amide bonds. The first-order valence-electron chi connectivity index (χ1n) is 11.6. The average molecular weight is 471 g/mol. The third-order valence-corrected chi connectivity index (χ3v) is 8.22. The van der Waals surface area contributed by atoms with Crippen molar-refractivity contribution in [1.82, 2.24) is 4.31 Å². The Morgan fingerprint density at radius 1 is 0.939 bits per heavy atom. The van der Waals surface area contributed by atoms with Crippen LogP contribution >= 0.6 is 0 Å². The number of anilines is 1. The molecule has 0 aromatic heterocycles. The number of para-hydroxylation sites is 1. The maximum absolute atomic E-state index is 13.1. The monoisotopic (exact) mass is 470 g/mol. The molecule has 1 aliphatic rings. The molecular formula is C26H34N2O4S. The lowest BCUT2D eigenvalue weighted by Crippen LogP contribution is -2.41. The maximum Gasteiger partial charge on any atom is 0.243 e. The van der Waals surface area contributed by atoms with Gasteiger partial charge in [0.1, 0.15) is 0 Å². The van der Waals surface area contributed by atoms with E-state index in [2.05, 4.69) is 45.1 Å². The minimum absolute atomic E-state index is 0.0550. The zero-order chi connectivity index (χ0) is 24.3. The Kier molecular flexibility index (Phi) is 7.75. The van der Waals surface area contributed by atoms with Gasteiger partial charge in [0.05, 0.1) is 4.90 Å². The summed E-state index contributed by atoms with van der Waals surface area (Å²) >= 11 is 0. The first kappa shape index (κ1) is 25.1. The molecule has 33 heavy (non-hydrogen) atoms. The molecule has 0 bridgehead atoms. The molecule has 6 nitrogen and oxygen atoms in total. The van der Waals surface area contributed by atoms with Crippen LogP contribution < -0.4 is 5.32 Å². The molecule has 0 atom stereocenters. The van der Waals surface area contributed by atoms with Gasteiger partial charge in [0.2, 0.25) is 15.9 Å². The number of Topliss-reactive ketones (excluding diaryl/α,β-unsaturated/α-hetero) is 1. The van der Waals surface area contributed by atoms with Gasteiger partial charge in [-0.15, -0.1) is 0 Å². The summed E-state index contributed by atoms with van der Waals surface area (Å²) in [6.07, 6.45) is 0.913. The van der Waals surface area contributed by atoms with Crippen molar-refractivity contribution in [2.45, 2.75) is 64.2 Å². The van der Waals surface area contributed by atoms with Crippen LogP contribution in [0, 0.1) is 5.92 Å². The Bertz CT molecular complexity index is 1100. The number of hydrogen-bond donors (Lipinski definition) is 1. The Morgan fingerprint density at radius 3 is 2.00 bits per heavy atom. The van der Waals surface area contributed by atoms with Crippen LogP contribution in [0.15, 0.2) is 47.4 Å². The molecule has 1 saturated heterocycles. The lowest BCUT2D eigenvalue weighted by atomic mass is 9.91. The molecule has 1 N–H and O–H groups in total. The zero-order valence-electron chi connectivity index (χ0n) is 20.1. The number of ketones is 1. The van der Waals surface area contributed by atoms with Gasteiger partial charge in [0.25, 0.3) is 0 Å². The van der Waals surface area contributed by atoms with Crippen LogP contribution in [0.3, 0.4) is 0 Å². The van der Waals surface area contributed by atoms with Crippen molar-refractivity contribution in [1.29, 1.82) is 0 Å². The first-order valence-corrected chi connectivity index (χ1v) is 13.0. The summed E-state index contributed by atoms with van der Waals surface area (Å²) in [5.74, 6) is 0.0687. The summed E-state index contributed by atoms with van der Waals surface area (Å²) < 4.78 is 27.6. The van der Waals surface area contributed by atoms with Crippen LogP contribution in [0.2, 0.25) is 0 Å². The van der Waals surface area contributed by atoms with E-state index in [-0.39, 0.29) is 47.4 Å². The minimum atomic E-state index is -3.71. The molecule has 1 aliphatic heterocycles. The van der Waals surface area contributed by atoms with E-state index in [4.69, 9.17) is 0 Å². The standard InChI is InChI=1S/C26H34N2O4S/c1-17(2)23-10-7-11-24(18(3)4)25(23)27-26(30)20-12-14-28(15-13-20)33(31,32)22-9-6-8-21(16-22)19(5)29/h6-11,16-18,20H,12-15H2,1-5H3,(H,27,30). The Balaban J connectivity index is 1.73. The van der Waals surface area contributed by atoms with Gasteiger partial charge in [-0.25, -0.2) is 8.42 Å². The summed E-state index contributed by atoms with van der Waals surface area (Å²) in [5, 5.41) is 3.17. The van der Waals surface area contributed by atoms with E-state index in [1.807, 2.05) is 6.07 Å². The van der Waals surface area contributed by atoms with Crippen LogP contribution in [-0.4, -0.2) is 37.5 Å². The van der Waals surface area contributed by atoms with Crippen molar-refractivity contribution in [3.05, 3.63) is 59.2 Å². The van der Waals surface area contributed by atoms with E-state index >= 15 is 0 Å². The predicted octanol–water partition coefficient (Wildman–Crippen LogP) is 5.18. The van der Waals surface area contributed by atoms with Crippen molar-refractivity contribution in [2.24, 2.45) is 5.92 Å². The van der Waals surface area contributed by atoms with Gasteiger partial charge in [-0.3, -0.25) is 9.59 Å². The third kappa shape index (κ3) is 5.53. The van der Waals surface area contributed by atoms with E-state index in [1.54, 1.807) is 12.1 Å². The molecule has 1 fully saturated rings. The maximum atomic E-state index is 13.1. The largest absolute Gasteiger partial charge is 0.325 e. The van der Waals surface area contributed by atoms with Crippen LogP contribution in [0.4, 0.5) is 5.69 Å². The molecule has 0 aliphatic carbocycles. The molecule has 0 radical (unpaired) electrons. The second kappa shape index (κ2) is 10.2. The number of rotatable bonds is 7. The van der Waals surface area contributed by atoms with E-state index < -0.39 is 10.0 Å². The Morgan fingerprint density at radius 2 is 1.48 bits per heavy atom. The highest BCUT2D eigenvalue weighted by Crippen LogP contribution is 2.33. The fourth-order valence-electron chi connectivity index (χ4n) is 4.30. The smallest absolute Gasteiger partial charge is 0.243 e. The molecular weight excluding hydrogens is 436 g/mol. The highest BCUT2D eigenvalue weighted by atomic mass is 32.2. The van der Waals surface area contributed by atoms with Gasteiger partial charge < -0.3 is 5.32 Å². The molecule has 0 saturated carbocycles. The SMILES string of the molecule is CC(=O)c1cccc(S(=O)(=O)N2CCC(C(=O)Nc3c(C(C)C)cccc3C(C)C)CC2)c1. The number of benzene rings is 2. The highest BCUT2D eigenvalue weighted by Gasteiger charge is 2.33. The number of nitrogens with one attached hydrogen (secondary N) is 1. The lowest BCUT2D eigenvalue weighted by Gasteiger charge is -2.31. The zero-order valence-corrected chi connectivity index (χ0v) is 20.9. The van der Waals surface area contributed by atoms with Gasteiger partial charge in [-0.2, -0.15) is 4.31 Å². The van der Waals surface area contributed by atoms with Crippen LogP contribution in [0.5, 0.6) is 0 Å². The second-order valence-corrected chi connectivity index (χ2v) is 11.3. The number of nitrogens with zero attached hydrogens (tertiary/aromatic N) is 1. The minimum Gasteiger partial charge on any atom is -0.325 e.